The third-order valence-corrected chi connectivity index (χ3v) is 7.55. The first kappa shape index (κ1) is 28.3. The Morgan fingerprint density at radius 1 is 0.944 bits per heavy atom. The zero-order valence-corrected chi connectivity index (χ0v) is 23.8. The van der Waals surface area contributed by atoms with Crippen molar-refractivity contribution in [1.29, 1.82) is 0 Å². The Kier molecular flexibility index (Phi) is 11.4. The fraction of sp³-hybridized carbons (Fsp3) is 0.310. The molecule has 0 fully saturated rings. The Morgan fingerprint density at radius 3 is 2.28 bits per heavy atom. The van der Waals surface area contributed by atoms with Crippen molar-refractivity contribution in [3.8, 4) is 0 Å². The summed E-state index contributed by atoms with van der Waals surface area (Å²) in [6.07, 6.45) is 0.429. The molecule has 3 rings (SSSR count). The molecule has 0 spiro atoms. The quantitative estimate of drug-likeness (QED) is 0.255. The third-order valence-electron chi connectivity index (χ3n) is 5.66. The van der Waals surface area contributed by atoms with Gasteiger partial charge in [-0.2, -0.15) is 0 Å². The lowest BCUT2D eigenvalue weighted by molar-refractivity contribution is -0.139. The molecule has 3 aromatic rings. The monoisotopic (exact) mass is 586 g/mol. The second-order valence-corrected chi connectivity index (χ2v) is 11.4. The smallest absolute Gasteiger partial charge is 0.243 e. The van der Waals surface area contributed by atoms with E-state index in [2.05, 4.69) is 35.1 Å². The maximum absolute atomic E-state index is 13.7. The summed E-state index contributed by atoms with van der Waals surface area (Å²) in [4.78, 5) is 28.8. The fourth-order valence-corrected chi connectivity index (χ4v) is 5.04. The van der Waals surface area contributed by atoms with Gasteiger partial charge in [-0.1, -0.05) is 102 Å². The van der Waals surface area contributed by atoms with Crippen LogP contribution in [0.4, 0.5) is 0 Å². The maximum Gasteiger partial charge on any atom is 0.243 e. The van der Waals surface area contributed by atoms with Gasteiger partial charge in [0, 0.05) is 34.8 Å². The van der Waals surface area contributed by atoms with Crippen molar-refractivity contribution in [2.75, 3.05) is 12.3 Å². The summed E-state index contributed by atoms with van der Waals surface area (Å²) >= 11 is 11.5. The zero-order chi connectivity index (χ0) is 25.9. The van der Waals surface area contributed by atoms with Crippen molar-refractivity contribution in [2.24, 2.45) is 5.92 Å². The van der Waals surface area contributed by atoms with E-state index in [-0.39, 0.29) is 24.1 Å². The van der Waals surface area contributed by atoms with Gasteiger partial charge in [0.15, 0.2) is 0 Å². The molecule has 0 radical (unpaired) electrons. The molecule has 0 heterocycles. The minimum Gasteiger partial charge on any atom is -0.354 e. The van der Waals surface area contributed by atoms with Crippen LogP contribution < -0.4 is 5.32 Å². The summed E-state index contributed by atoms with van der Waals surface area (Å²) in [5, 5.41) is 3.63. The van der Waals surface area contributed by atoms with Crippen molar-refractivity contribution >= 4 is 51.1 Å². The highest BCUT2D eigenvalue weighted by Crippen LogP contribution is 2.22. The van der Waals surface area contributed by atoms with Gasteiger partial charge in [0.25, 0.3) is 0 Å². The first-order valence-electron chi connectivity index (χ1n) is 12.0. The summed E-state index contributed by atoms with van der Waals surface area (Å²) in [5.41, 5.74) is 2.96. The summed E-state index contributed by atoms with van der Waals surface area (Å²) in [5.74, 6) is 1.05. The summed E-state index contributed by atoms with van der Waals surface area (Å²) < 4.78 is 1.02. The number of hydrogen-bond acceptors (Lipinski definition) is 3. The number of carbonyl (C=O) groups is 2. The molecular weight excluding hydrogens is 556 g/mol. The number of halogens is 2. The standard InChI is InChI=1S/C29H32BrClN2O2S/c1-21(2)17-32-29(35)27(16-22-8-4-3-5-9-22)33(18-24-10-6-7-11-26(24)31)28(34)20-36-19-23-12-14-25(30)15-13-23/h3-15,21,27H,16-20H2,1-2H3,(H,32,35)/t27-/m1/s1. The first-order valence-corrected chi connectivity index (χ1v) is 14.3. The molecule has 0 saturated heterocycles. The molecule has 36 heavy (non-hydrogen) atoms. The topological polar surface area (TPSA) is 49.4 Å². The van der Waals surface area contributed by atoms with E-state index in [1.807, 2.05) is 78.9 Å². The molecule has 190 valence electrons. The fourth-order valence-electron chi connectivity index (χ4n) is 3.71. The number of carbonyl (C=O) groups excluding carboxylic acids is 2. The molecule has 0 aliphatic rings. The Balaban J connectivity index is 1.84. The van der Waals surface area contributed by atoms with Gasteiger partial charge in [-0.15, -0.1) is 11.8 Å². The zero-order valence-electron chi connectivity index (χ0n) is 20.6. The second-order valence-electron chi connectivity index (χ2n) is 9.08. The number of thioether (sulfide) groups is 1. The summed E-state index contributed by atoms with van der Waals surface area (Å²) in [6.45, 7) is 4.93. The highest BCUT2D eigenvalue weighted by molar-refractivity contribution is 9.10. The van der Waals surface area contributed by atoms with Crippen LogP contribution in [0.3, 0.4) is 0 Å². The molecule has 1 N–H and O–H groups in total. The number of benzene rings is 3. The van der Waals surface area contributed by atoms with Crippen LogP contribution in [0.1, 0.15) is 30.5 Å². The van der Waals surface area contributed by atoms with Gasteiger partial charge < -0.3 is 10.2 Å². The molecule has 4 nitrogen and oxygen atoms in total. The van der Waals surface area contributed by atoms with E-state index < -0.39 is 6.04 Å². The molecule has 0 aliphatic carbocycles. The van der Waals surface area contributed by atoms with E-state index in [1.54, 1.807) is 16.7 Å². The molecule has 1 atom stereocenters. The van der Waals surface area contributed by atoms with Crippen LogP contribution in [0.5, 0.6) is 0 Å². The first-order chi connectivity index (χ1) is 17.3. The number of amides is 2. The average Bonchev–Trinajstić information content (AvgIpc) is 2.87. The number of rotatable bonds is 12. The predicted octanol–water partition coefficient (Wildman–Crippen LogP) is 6.75. The molecule has 7 heteroatoms. The van der Waals surface area contributed by atoms with Gasteiger partial charge in [-0.3, -0.25) is 9.59 Å². The van der Waals surface area contributed by atoms with Crippen molar-refractivity contribution in [2.45, 2.75) is 38.6 Å². The molecule has 3 aromatic carbocycles. The second kappa shape index (κ2) is 14.5. The minimum atomic E-state index is -0.650. The Morgan fingerprint density at radius 2 is 1.61 bits per heavy atom. The van der Waals surface area contributed by atoms with Crippen LogP contribution in [0.15, 0.2) is 83.3 Å². The van der Waals surface area contributed by atoms with Crippen LogP contribution in [-0.2, 0) is 28.3 Å². The van der Waals surface area contributed by atoms with E-state index >= 15 is 0 Å². The largest absolute Gasteiger partial charge is 0.354 e. The number of hydrogen-bond donors (Lipinski definition) is 1. The van der Waals surface area contributed by atoms with Gasteiger partial charge in [-0.05, 0) is 40.8 Å². The molecule has 0 saturated carbocycles. The van der Waals surface area contributed by atoms with Crippen molar-refractivity contribution in [1.82, 2.24) is 10.2 Å². The van der Waals surface area contributed by atoms with Gasteiger partial charge >= 0.3 is 0 Å². The molecule has 0 unspecified atom stereocenters. The Bertz CT molecular complexity index is 1130. The van der Waals surface area contributed by atoms with Crippen LogP contribution >= 0.6 is 39.3 Å². The lowest BCUT2D eigenvalue weighted by atomic mass is 10.0. The van der Waals surface area contributed by atoms with E-state index in [0.717, 1.165) is 21.2 Å². The Hall–Kier alpha value is -2.28. The van der Waals surface area contributed by atoms with Crippen LogP contribution in [-0.4, -0.2) is 35.1 Å². The molecule has 0 aliphatic heterocycles. The van der Waals surface area contributed by atoms with Crippen molar-refractivity contribution in [3.63, 3.8) is 0 Å². The van der Waals surface area contributed by atoms with E-state index in [0.29, 0.717) is 29.7 Å². The minimum absolute atomic E-state index is 0.0855. The van der Waals surface area contributed by atoms with Gasteiger partial charge in [-0.25, -0.2) is 0 Å². The summed E-state index contributed by atoms with van der Waals surface area (Å²) in [6, 6.07) is 24.7. The van der Waals surface area contributed by atoms with Crippen LogP contribution in [0.2, 0.25) is 5.02 Å². The van der Waals surface area contributed by atoms with Crippen molar-refractivity contribution < 1.29 is 9.59 Å². The van der Waals surface area contributed by atoms with E-state index in [9.17, 15) is 9.59 Å². The average molecular weight is 588 g/mol. The summed E-state index contributed by atoms with van der Waals surface area (Å²) in [7, 11) is 0. The lowest BCUT2D eigenvalue weighted by Gasteiger charge is -2.32. The molecule has 2 amide bonds. The highest BCUT2D eigenvalue weighted by Gasteiger charge is 2.30. The number of nitrogens with zero attached hydrogens (tertiary/aromatic N) is 1. The lowest BCUT2D eigenvalue weighted by Crippen LogP contribution is -2.51. The van der Waals surface area contributed by atoms with Gasteiger partial charge in [0.2, 0.25) is 11.8 Å². The van der Waals surface area contributed by atoms with Crippen LogP contribution in [0, 0.1) is 5.92 Å². The maximum atomic E-state index is 13.7. The molecule has 0 aromatic heterocycles. The SMILES string of the molecule is CC(C)CNC(=O)[C@@H](Cc1ccccc1)N(Cc1ccccc1Cl)C(=O)CSCc1ccc(Br)cc1. The normalized spacial score (nSPS) is 11.8. The van der Waals surface area contributed by atoms with Crippen molar-refractivity contribution in [3.05, 3.63) is 105 Å². The third kappa shape index (κ3) is 8.99. The predicted molar refractivity (Wildman–Crippen MR) is 154 cm³/mol. The van der Waals surface area contributed by atoms with Gasteiger partial charge in [0.1, 0.15) is 6.04 Å². The van der Waals surface area contributed by atoms with Crippen LogP contribution in [0.25, 0.3) is 0 Å². The molecular formula is C29H32BrClN2O2S. The van der Waals surface area contributed by atoms with E-state index in [4.69, 9.17) is 11.6 Å². The Labute approximate surface area is 231 Å². The molecule has 0 bridgehead atoms. The highest BCUT2D eigenvalue weighted by atomic mass is 79.9. The van der Waals surface area contributed by atoms with Gasteiger partial charge in [0.05, 0.1) is 5.75 Å². The number of nitrogens with one attached hydrogen (secondary N) is 1. The van der Waals surface area contributed by atoms with E-state index in [1.165, 1.54) is 0 Å².